The highest BCUT2D eigenvalue weighted by atomic mass is 16.4. The molecule has 27 heavy (non-hydrogen) atoms. The molecule has 0 aliphatic rings. The Labute approximate surface area is 157 Å². The Balaban J connectivity index is 5.11. The normalized spacial score (nSPS) is 15.2. The van der Waals surface area contributed by atoms with Gasteiger partial charge in [-0.2, -0.15) is 0 Å². The Bertz CT molecular complexity index is 577. The molecule has 0 radical (unpaired) electrons. The zero-order valence-corrected chi connectivity index (χ0v) is 15.8. The zero-order chi connectivity index (χ0) is 21.3. The van der Waals surface area contributed by atoms with E-state index in [0.29, 0.717) is 0 Å². The van der Waals surface area contributed by atoms with Gasteiger partial charge in [0, 0.05) is 0 Å². The zero-order valence-electron chi connectivity index (χ0n) is 15.8. The fraction of sp³-hybridized carbons (Fsp3) is 0.688. The first-order valence-electron chi connectivity index (χ1n) is 8.46. The molecule has 0 rings (SSSR count). The molecule has 0 saturated heterocycles. The fourth-order valence-corrected chi connectivity index (χ4v) is 2.06. The van der Waals surface area contributed by atoms with E-state index >= 15 is 0 Å². The van der Waals surface area contributed by atoms with Gasteiger partial charge in [-0.25, -0.2) is 4.79 Å². The Morgan fingerprint density at radius 2 is 1.33 bits per heavy atom. The van der Waals surface area contributed by atoms with Crippen LogP contribution in [0.1, 0.15) is 40.5 Å². The third kappa shape index (κ3) is 9.54. The van der Waals surface area contributed by atoms with Gasteiger partial charge in [-0.1, -0.05) is 13.8 Å². The third-order valence-corrected chi connectivity index (χ3v) is 3.50. The summed E-state index contributed by atoms with van der Waals surface area (Å²) in [5.41, 5.74) is 5.38. The van der Waals surface area contributed by atoms with Gasteiger partial charge in [-0.3, -0.25) is 19.2 Å². The summed E-state index contributed by atoms with van der Waals surface area (Å²) in [6, 6.07) is -4.65. The molecule has 0 aromatic rings. The average molecular weight is 388 g/mol. The van der Waals surface area contributed by atoms with E-state index < -0.39 is 60.2 Å². The van der Waals surface area contributed by atoms with Crippen LogP contribution in [0.2, 0.25) is 0 Å². The Morgan fingerprint density at radius 3 is 1.74 bits per heavy atom. The highest BCUT2D eigenvalue weighted by Gasteiger charge is 2.30. The number of rotatable bonds is 11. The molecule has 4 atom stereocenters. The maximum atomic E-state index is 12.3. The highest BCUT2D eigenvalue weighted by Crippen LogP contribution is 2.06. The van der Waals surface area contributed by atoms with E-state index in [0.717, 1.165) is 0 Å². The molecule has 4 unspecified atom stereocenters. The van der Waals surface area contributed by atoms with Crippen LogP contribution in [0.4, 0.5) is 0 Å². The van der Waals surface area contributed by atoms with Crippen molar-refractivity contribution in [3.05, 3.63) is 0 Å². The van der Waals surface area contributed by atoms with E-state index in [-0.39, 0.29) is 12.3 Å². The van der Waals surface area contributed by atoms with E-state index in [1.165, 1.54) is 13.8 Å². The van der Waals surface area contributed by atoms with Crippen molar-refractivity contribution in [1.82, 2.24) is 16.0 Å². The molecular formula is C16H28N4O7. The van der Waals surface area contributed by atoms with Crippen molar-refractivity contribution in [3.8, 4) is 0 Å². The van der Waals surface area contributed by atoms with Crippen LogP contribution in [0.5, 0.6) is 0 Å². The molecule has 0 fully saturated rings. The quantitative estimate of drug-likeness (QED) is 0.244. The van der Waals surface area contributed by atoms with Crippen LogP contribution in [0, 0.1) is 5.92 Å². The fourth-order valence-electron chi connectivity index (χ4n) is 2.06. The molecular weight excluding hydrogens is 360 g/mol. The molecule has 0 aromatic carbocycles. The number of nitrogens with two attached hydrogens (primary N) is 1. The summed E-state index contributed by atoms with van der Waals surface area (Å²) in [6.07, 6.45) is -0.616. The lowest BCUT2D eigenvalue weighted by Gasteiger charge is -2.23. The number of carboxylic acids is 2. The molecule has 0 saturated carbocycles. The smallest absolute Gasteiger partial charge is 0.326 e. The van der Waals surface area contributed by atoms with E-state index in [2.05, 4.69) is 16.0 Å². The van der Waals surface area contributed by atoms with Crippen molar-refractivity contribution >= 4 is 29.7 Å². The van der Waals surface area contributed by atoms with Gasteiger partial charge in [-0.15, -0.1) is 0 Å². The van der Waals surface area contributed by atoms with E-state index in [4.69, 9.17) is 10.8 Å². The lowest BCUT2D eigenvalue weighted by atomic mass is 10.0. The second-order valence-electron chi connectivity index (χ2n) is 6.71. The molecule has 0 spiro atoms. The van der Waals surface area contributed by atoms with E-state index in [1.807, 2.05) is 0 Å². The van der Waals surface area contributed by atoms with Crippen LogP contribution in [0.15, 0.2) is 0 Å². The molecule has 3 amide bonds. The monoisotopic (exact) mass is 388 g/mol. The Kier molecular flexibility index (Phi) is 10.0. The van der Waals surface area contributed by atoms with Gasteiger partial charge < -0.3 is 31.9 Å². The predicted molar refractivity (Wildman–Crippen MR) is 94.5 cm³/mol. The van der Waals surface area contributed by atoms with Crippen molar-refractivity contribution in [2.24, 2.45) is 11.7 Å². The van der Waals surface area contributed by atoms with Gasteiger partial charge in [0.1, 0.15) is 18.1 Å². The van der Waals surface area contributed by atoms with Crippen LogP contribution in [0.25, 0.3) is 0 Å². The van der Waals surface area contributed by atoms with Gasteiger partial charge in [0.15, 0.2) is 0 Å². The first kappa shape index (κ1) is 24.3. The minimum absolute atomic E-state index is 0.0348. The molecule has 0 bridgehead atoms. The SMILES string of the molecule is CC(C)CC(NC(=O)C(CC(=O)O)NC(=O)C(C)NC(=O)C(C)N)C(=O)O. The maximum absolute atomic E-state index is 12.3. The lowest BCUT2D eigenvalue weighted by molar-refractivity contribution is -0.144. The molecule has 11 nitrogen and oxygen atoms in total. The van der Waals surface area contributed by atoms with Crippen LogP contribution in [0.3, 0.4) is 0 Å². The molecule has 0 aliphatic heterocycles. The van der Waals surface area contributed by atoms with Crippen molar-refractivity contribution in [2.75, 3.05) is 0 Å². The van der Waals surface area contributed by atoms with Crippen molar-refractivity contribution in [1.29, 1.82) is 0 Å². The molecule has 7 N–H and O–H groups in total. The Morgan fingerprint density at radius 1 is 0.815 bits per heavy atom. The number of carboxylic acid groups (broad SMARTS) is 2. The van der Waals surface area contributed by atoms with Crippen LogP contribution in [-0.4, -0.2) is 64.0 Å². The molecule has 154 valence electrons. The van der Waals surface area contributed by atoms with Crippen LogP contribution in [-0.2, 0) is 24.0 Å². The third-order valence-electron chi connectivity index (χ3n) is 3.50. The van der Waals surface area contributed by atoms with E-state index in [1.54, 1.807) is 13.8 Å². The second-order valence-corrected chi connectivity index (χ2v) is 6.71. The summed E-state index contributed by atoms with van der Waals surface area (Å²) in [4.78, 5) is 58.2. The minimum Gasteiger partial charge on any atom is -0.481 e. The standard InChI is InChI=1S/C16H28N4O7/c1-7(2)5-11(16(26)27)20-15(25)10(6-12(21)22)19-14(24)9(4)18-13(23)8(3)17/h7-11H,5-6,17H2,1-4H3,(H,18,23)(H,19,24)(H,20,25)(H,21,22)(H,26,27). The topological polar surface area (TPSA) is 188 Å². The average Bonchev–Trinajstić information content (AvgIpc) is 2.51. The molecule has 0 aromatic heterocycles. The largest absolute Gasteiger partial charge is 0.481 e. The molecule has 0 aliphatic carbocycles. The molecule has 0 heterocycles. The van der Waals surface area contributed by atoms with Gasteiger partial charge in [0.25, 0.3) is 0 Å². The highest BCUT2D eigenvalue weighted by molar-refractivity contribution is 5.95. The Hall–Kier alpha value is -2.69. The van der Waals surface area contributed by atoms with Gasteiger partial charge >= 0.3 is 11.9 Å². The minimum atomic E-state index is -1.50. The van der Waals surface area contributed by atoms with Crippen molar-refractivity contribution in [3.63, 3.8) is 0 Å². The van der Waals surface area contributed by atoms with Crippen LogP contribution >= 0.6 is 0 Å². The summed E-state index contributed by atoms with van der Waals surface area (Å²) < 4.78 is 0. The summed E-state index contributed by atoms with van der Waals surface area (Å²) in [5, 5.41) is 24.9. The second kappa shape index (κ2) is 11.1. The number of carbonyl (C=O) groups excluding carboxylic acids is 3. The van der Waals surface area contributed by atoms with Crippen molar-refractivity contribution in [2.45, 2.75) is 64.7 Å². The van der Waals surface area contributed by atoms with Gasteiger partial charge in [-0.05, 0) is 26.2 Å². The summed E-state index contributed by atoms with van der Waals surface area (Å²) in [6.45, 7) is 6.29. The maximum Gasteiger partial charge on any atom is 0.326 e. The number of aliphatic carboxylic acids is 2. The first-order chi connectivity index (χ1) is 12.3. The summed E-state index contributed by atoms with van der Waals surface area (Å²) in [5.74, 6) is -5.01. The molecule has 11 heteroatoms. The van der Waals surface area contributed by atoms with Crippen molar-refractivity contribution < 1.29 is 34.2 Å². The number of amides is 3. The predicted octanol–water partition coefficient (Wildman–Crippen LogP) is -1.59. The lowest BCUT2D eigenvalue weighted by Crippen LogP contribution is -2.56. The summed E-state index contributed by atoms with van der Waals surface area (Å²) in [7, 11) is 0. The first-order valence-corrected chi connectivity index (χ1v) is 8.46. The number of carbonyl (C=O) groups is 5. The van der Waals surface area contributed by atoms with Gasteiger partial charge in [0.2, 0.25) is 17.7 Å². The van der Waals surface area contributed by atoms with Gasteiger partial charge in [0.05, 0.1) is 12.5 Å². The van der Waals surface area contributed by atoms with E-state index in [9.17, 15) is 29.1 Å². The van der Waals surface area contributed by atoms with Crippen LogP contribution < -0.4 is 21.7 Å². The number of nitrogens with one attached hydrogen (secondary N) is 3. The summed E-state index contributed by atoms with van der Waals surface area (Å²) >= 11 is 0. The number of hydrogen-bond donors (Lipinski definition) is 6. The number of hydrogen-bond acceptors (Lipinski definition) is 6.